The minimum atomic E-state index is -0.541. The molecule has 1 N–H and O–H groups in total. The highest BCUT2D eigenvalue weighted by atomic mass is 16.6. The summed E-state index contributed by atoms with van der Waals surface area (Å²) in [6.07, 6.45) is 5.24. The molecule has 2 rings (SSSR count). The van der Waals surface area contributed by atoms with Crippen LogP contribution in [0.4, 0.5) is 11.4 Å². The molecule has 2 aromatic rings. The summed E-state index contributed by atoms with van der Waals surface area (Å²) in [7, 11) is 0. The van der Waals surface area contributed by atoms with Crippen LogP contribution < -0.4 is 5.32 Å². The first-order valence-corrected chi connectivity index (χ1v) is 4.76. The molecule has 17 heavy (non-hydrogen) atoms. The summed E-state index contributed by atoms with van der Waals surface area (Å²) in [6, 6.07) is 2.63. The van der Waals surface area contributed by atoms with E-state index in [2.05, 4.69) is 26.2 Å². The van der Waals surface area contributed by atoms with E-state index in [1.165, 1.54) is 12.1 Å². The van der Waals surface area contributed by atoms with Gasteiger partial charge in [-0.3, -0.25) is 10.1 Å². The van der Waals surface area contributed by atoms with Crippen molar-refractivity contribution in [2.45, 2.75) is 13.0 Å². The van der Waals surface area contributed by atoms with Crippen molar-refractivity contribution in [3.05, 3.63) is 22.2 Å². The van der Waals surface area contributed by atoms with Crippen LogP contribution >= 0.6 is 0 Å². The highest BCUT2D eigenvalue weighted by Gasteiger charge is 2.19. The molecule has 86 valence electrons. The lowest BCUT2D eigenvalue weighted by Crippen LogP contribution is -2.12. The first kappa shape index (κ1) is 10.9. The topological polar surface area (TPSA) is 94.1 Å². The zero-order valence-electron chi connectivity index (χ0n) is 8.88. The van der Waals surface area contributed by atoms with Crippen LogP contribution in [0.5, 0.6) is 0 Å². The summed E-state index contributed by atoms with van der Waals surface area (Å²) in [6.45, 7) is 1.78. The molecule has 1 unspecified atom stereocenters. The van der Waals surface area contributed by atoms with Gasteiger partial charge in [0.1, 0.15) is 0 Å². The van der Waals surface area contributed by atoms with Gasteiger partial charge in [0, 0.05) is 6.07 Å². The molecule has 7 heteroatoms. The Labute approximate surface area is 95.9 Å². The third kappa shape index (κ3) is 1.88. The molecule has 0 radical (unpaired) electrons. The molecule has 0 spiro atoms. The van der Waals surface area contributed by atoms with Gasteiger partial charge in [0.2, 0.25) is 5.52 Å². The van der Waals surface area contributed by atoms with Gasteiger partial charge in [-0.05, 0) is 23.3 Å². The number of aromatic nitrogens is 2. The van der Waals surface area contributed by atoms with E-state index in [1.54, 1.807) is 6.92 Å². The van der Waals surface area contributed by atoms with Crippen molar-refractivity contribution in [1.82, 2.24) is 10.3 Å². The molecule has 0 saturated carbocycles. The average molecular weight is 232 g/mol. The Kier molecular flexibility index (Phi) is 2.62. The van der Waals surface area contributed by atoms with Crippen molar-refractivity contribution in [1.29, 1.82) is 0 Å². The number of anilines is 1. The maximum Gasteiger partial charge on any atom is 0.300 e. The lowest BCUT2D eigenvalue weighted by Gasteiger charge is -2.08. The van der Waals surface area contributed by atoms with E-state index in [1.807, 2.05) is 0 Å². The predicted octanol–water partition coefficient (Wildman–Crippen LogP) is 1.56. The van der Waals surface area contributed by atoms with Crippen molar-refractivity contribution < 1.29 is 9.55 Å². The fourth-order valence-electron chi connectivity index (χ4n) is 1.39. The number of rotatable bonds is 3. The van der Waals surface area contributed by atoms with Crippen LogP contribution in [0.2, 0.25) is 0 Å². The summed E-state index contributed by atoms with van der Waals surface area (Å²) < 4.78 is 4.52. The molecule has 0 saturated heterocycles. The number of nitro benzene ring substituents is 1. The number of terminal acetylenes is 1. The highest BCUT2D eigenvalue weighted by molar-refractivity contribution is 5.93. The Bertz CT molecular complexity index is 614. The third-order valence-corrected chi connectivity index (χ3v) is 2.21. The number of nitrogens with zero attached hydrogens (tertiary/aromatic N) is 3. The number of nitro groups is 1. The Morgan fingerprint density at radius 3 is 2.88 bits per heavy atom. The maximum atomic E-state index is 10.7. The monoisotopic (exact) mass is 232 g/mol. The van der Waals surface area contributed by atoms with E-state index >= 15 is 0 Å². The second kappa shape index (κ2) is 4.09. The molecular weight excluding hydrogens is 224 g/mol. The van der Waals surface area contributed by atoms with Gasteiger partial charge < -0.3 is 5.32 Å². The molecule has 0 aliphatic heterocycles. The number of fused-ring (bicyclic) bond motifs is 1. The Morgan fingerprint density at radius 2 is 2.24 bits per heavy atom. The Hall–Kier alpha value is -2.62. The number of benzene rings is 1. The Balaban J connectivity index is 2.54. The molecule has 0 bridgehead atoms. The van der Waals surface area contributed by atoms with E-state index < -0.39 is 4.92 Å². The van der Waals surface area contributed by atoms with Gasteiger partial charge in [0.15, 0.2) is 5.52 Å². The number of non-ortho nitro benzene ring substituents is 1. The first-order chi connectivity index (χ1) is 8.13. The highest BCUT2D eigenvalue weighted by Crippen LogP contribution is 2.28. The van der Waals surface area contributed by atoms with Gasteiger partial charge in [-0.25, -0.2) is 4.63 Å². The molecule has 1 atom stereocenters. The van der Waals surface area contributed by atoms with Crippen LogP contribution in [0, 0.1) is 22.5 Å². The zero-order valence-corrected chi connectivity index (χ0v) is 8.88. The average Bonchev–Trinajstić information content (AvgIpc) is 2.77. The maximum absolute atomic E-state index is 10.7. The van der Waals surface area contributed by atoms with Gasteiger partial charge in [0.05, 0.1) is 16.7 Å². The van der Waals surface area contributed by atoms with Crippen molar-refractivity contribution >= 4 is 22.4 Å². The smallest absolute Gasteiger partial charge is 0.300 e. The fraction of sp³-hybridized carbons (Fsp3) is 0.200. The summed E-state index contributed by atoms with van der Waals surface area (Å²) in [5, 5.41) is 20.9. The molecule has 0 aliphatic carbocycles. The predicted molar refractivity (Wildman–Crippen MR) is 60.4 cm³/mol. The first-order valence-electron chi connectivity index (χ1n) is 4.76. The normalized spacial score (nSPS) is 12.0. The number of hydrogen-bond acceptors (Lipinski definition) is 6. The minimum Gasteiger partial charge on any atom is -0.370 e. The third-order valence-electron chi connectivity index (χ3n) is 2.21. The second-order valence-electron chi connectivity index (χ2n) is 3.38. The van der Waals surface area contributed by atoms with Crippen LogP contribution in [0.15, 0.2) is 16.8 Å². The molecule has 7 nitrogen and oxygen atoms in total. The van der Waals surface area contributed by atoms with Crippen LogP contribution in [0.3, 0.4) is 0 Å². The fourth-order valence-corrected chi connectivity index (χ4v) is 1.39. The number of hydrogen-bond donors (Lipinski definition) is 1. The van der Waals surface area contributed by atoms with Gasteiger partial charge in [-0.1, -0.05) is 5.92 Å². The van der Waals surface area contributed by atoms with Crippen LogP contribution in [0.25, 0.3) is 11.0 Å². The van der Waals surface area contributed by atoms with Gasteiger partial charge >= 0.3 is 5.69 Å². The lowest BCUT2D eigenvalue weighted by molar-refractivity contribution is -0.383. The SMILES string of the molecule is C#CC(C)Nc1ccc([N+](=O)[O-])c2nonc12. The van der Waals surface area contributed by atoms with E-state index in [0.29, 0.717) is 11.2 Å². The minimum absolute atomic E-state index is 0.101. The van der Waals surface area contributed by atoms with Crippen LogP contribution in [-0.2, 0) is 0 Å². The molecule has 1 heterocycles. The summed E-state index contributed by atoms with van der Waals surface area (Å²) in [5.41, 5.74) is 0.794. The second-order valence-corrected chi connectivity index (χ2v) is 3.38. The molecular formula is C10H8N4O3. The molecule has 0 amide bonds. The summed E-state index contributed by atoms with van der Waals surface area (Å²) >= 11 is 0. The van der Waals surface area contributed by atoms with Crippen molar-refractivity contribution in [3.8, 4) is 12.3 Å². The Morgan fingerprint density at radius 1 is 1.53 bits per heavy atom. The number of nitrogens with one attached hydrogen (secondary N) is 1. The van der Waals surface area contributed by atoms with Crippen molar-refractivity contribution in [2.75, 3.05) is 5.32 Å². The van der Waals surface area contributed by atoms with Crippen molar-refractivity contribution in [2.24, 2.45) is 0 Å². The van der Waals surface area contributed by atoms with E-state index in [9.17, 15) is 10.1 Å². The van der Waals surface area contributed by atoms with Gasteiger partial charge in [-0.2, -0.15) is 0 Å². The lowest BCUT2D eigenvalue weighted by atomic mass is 10.2. The summed E-state index contributed by atoms with van der Waals surface area (Å²) in [4.78, 5) is 10.2. The molecule has 1 aromatic heterocycles. The van der Waals surface area contributed by atoms with E-state index in [-0.39, 0.29) is 17.2 Å². The van der Waals surface area contributed by atoms with Crippen molar-refractivity contribution in [3.63, 3.8) is 0 Å². The van der Waals surface area contributed by atoms with E-state index in [0.717, 1.165) is 0 Å². The van der Waals surface area contributed by atoms with Gasteiger partial charge in [-0.15, -0.1) is 6.42 Å². The molecule has 0 fully saturated rings. The van der Waals surface area contributed by atoms with Crippen LogP contribution in [0.1, 0.15) is 6.92 Å². The summed E-state index contributed by atoms with van der Waals surface area (Å²) in [5.74, 6) is 2.48. The molecule has 0 aliphatic rings. The van der Waals surface area contributed by atoms with E-state index in [4.69, 9.17) is 6.42 Å². The molecule has 1 aromatic carbocycles. The quantitative estimate of drug-likeness (QED) is 0.490. The standard InChI is InChI=1S/C10H8N4O3/c1-3-6(2)11-7-4-5-8(14(15)16)10-9(7)12-17-13-10/h1,4-6,11H,2H3. The zero-order chi connectivity index (χ0) is 12.4. The largest absolute Gasteiger partial charge is 0.370 e. The van der Waals surface area contributed by atoms with Crippen LogP contribution in [-0.4, -0.2) is 21.3 Å². The van der Waals surface area contributed by atoms with Gasteiger partial charge in [0.25, 0.3) is 0 Å².